The van der Waals surface area contributed by atoms with Crippen LogP contribution in [0.25, 0.3) is 0 Å². The summed E-state index contributed by atoms with van der Waals surface area (Å²) in [6, 6.07) is 0. The highest BCUT2D eigenvalue weighted by molar-refractivity contribution is 7.80. The van der Waals surface area contributed by atoms with Crippen LogP contribution in [-0.4, -0.2) is 40.4 Å². The maximum atomic E-state index is 10.2. The van der Waals surface area contributed by atoms with Gasteiger partial charge in [0.1, 0.15) is 0 Å². The van der Waals surface area contributed by atoms with Crippen LogP contribution in [0.3, 0.4) is 0 Å². The van der Waals surface area contributed by atoms with Crippen molar-refractivity contribution in [1.82, 2.24) is 10.6 Å². The molecule has 0 rings (SSSR count). The molecule has 0 bridgehead atoms. The highest BCUT2D eigenvalue weighted by atomic mass is 32.1. The van der Waals surface area contributed by atoms with Crippen molar-refractivity contribution in [2.45, 2.75) is 25.7 Å². The molecule has 0 radical (unpaired) electrons. The molecule has 0 aromatic rings. The fourth-order valence-corrected chi connectivity index (χ4v) is 1.15. The van der Waals surface area contributed by atoms with E-state index >= 15 is 0 Å². The average Bonchev–Trinajstić information content (AvgIpc) is 2.19. The van der Waals surface area contributed by atoms with Crippen molar-refractivity contribution in [1.29, 1.82) is 0 Å². The zero-order chi connectivity index (χ0) is 12.4. The van der Waals surface area contributed by atoms with Crippen LogP contribution in [0.5, 0.6) is 0 Å². The first-order chi connectivity index (χ1) is 7.52. The minimum absolute atomic E-state index is 0.106. The van der Waals surface area contributed by atoms with E-state index in [0.29, 0.717) is 31.0 Å². The highest BCUT2D eigenvalue weighted by Crippen LogP contribution is 1.87. The maximum absolute atomic E-state index is 10.2. The number of hydrogen-bond acceptors (Lipinski definition) is 3. The van der Waals surface area contributed by atoms with E-state index in [2.05, 4.69) is 10.6 Å². The van der Waals surface area contributed by atoms with Crippen LogP contribution in [0.4, 0.5) is 0 Å². The van der Waals surface area contributed by atoms with E-state index in [4.69, 9.17) is 22.4 Å². The van der Waals surface area contributed by atoms with Gasteiger partial charge in [0, 0.05) is 25.9 Å². The third-order valence-corrected chi connectivity index (χ3v) is 1.99. The molecular formula is C9H16N2O4S. The number of thiocarbonyl (C=S) groups is 1. The Kier molecular flexibility index (Phi) is 8.14. The van der Waals surface area contributed by atoms with Gasteiger partial charge in [-0.15, -0.1) is 0 Å². The van der Waals surface area contributed by atoms with Crippen LogP contribution in [0.2, 0.25) is 0 Å². The van der Waals surface area contributed by atoms with Gasteiger partial charge >= 0.3 is 11.9 Å². The average molecular weight is 248 g/mol. The van der Waals surface area contributed by atoms with Gasteiger partial charge in [0.2, 0.25) is 0 Å². The standard InChI is InChI=1S/C9H16N2O4S/c12-7(13)3-1-5-10-9(16)11-6-2-4-8(14)15/h1-6H2,(H,12,13)(H,14,15)(H2,10,11,16). The number of carboxylic acid groups (broad SMARTS) is 2. The van der Waals surface area contributed by atoms with Gasteiger partial charge in [0.25, 0.3) is 0 Å². The molecule has 0 saturated heterocycles. The Morgan fingerprint density at radius 2 is 1.31 bits per heavy atom. The van der Waals surface area contributed by atoms with E-state index in [1.54, 1.807) is 0 Å². The lowest BCUT2D eigenvalue weighted by Gasteiger charge is -2.08. The molecule has 0 amide bonds. The van der Waals surface area contributed by atoms with Crippen molar-refractivity contribution in [3.63, 3.8) is 0 Å². The molecule has 16 heavy (non-hydrogen) atoms. The summed E-state index contributed by atoms with van der Waals surface area (Å²) in [6.45, 7) is 0.994. The van der Waals surface area contributed by atoms with Crippen LogP contribution >= 0.6 is 12.2 Å². The van der Waals surface area contributed by atoms with Gasteiger partial charge in [-0.25, -0.2) is 0 Å². The van der Waals surface area contributed by atoms with Crippen LogP contribution in [0.1, 0.15) is 25.7 Å². The van der Waals surface area contributed by atoms with Gasteiger partial charge in [0.15, 0.2) is 5.11 Å². The lowest BCUT2D eigenvalue weighted by atomic mass is 10.3. The largest absolute Gasteiger partial charge is 0.481 e. The SMILES string of the molecule is O=C(O)CCCNC(=S)NCCCC(=O)O. The molecule has 0 spiro atoms. The van der Waals surface area contributed by atoms with E-state index in [9.17, 15) is 9.59 Å². The molecule has 6 nitrogen and oxygen atoms in total. The minimum atomic E-state index is -0.831. The fourth-order valence-electron chi connectivity index (χ4n) is 0.946. The summed E-state index contributed by atoms with van der Waals surface area (Å²) in [5.41, 5.74) is 0. The Morgan fingerprint density at radius 1 is 0.938 bits per heavy atom. The predicted octanol–water partition coefficient (Wildman–Crippen LogP) is 0.180. The van der Waals surface area contributed by atoms with Gasteiger partial charge in [-0.1, -0.05) is 0 Å². The number of hydrogen-bond donors (Lipinski definition) is 4. The summed E-state index contributed by atoms with van der Waals surface area (Å²) >= 11 is 4.90. The Bertz CT molecular complexity index is 234. The fraction of sp³-hybridized carbons (Fsp3) is 0.667. The summed E-state index contributed by atoms with van der Waals surface area (Å²) in [7, 11) is 0. The van der Waals surface area contributed by atoms with Crippen LogP contribution in [-0.2, 0) is 9.59 Å². The first-order valence-electron chi connectivity index (χ1n) is 4.97. The Morgan fingerprint density at radius 3 is 1.62 bits per heavy atom. The van der Waals surface area contributed by atoms with E-state index < -0.39 is 11.9 Å². The third kappa shape index (κ3) is 10.7. The van der Waals surface area contributed by atoms with Crippen molar-refractivity contribution in [2.75, 3.05) is 13.1 Å². The molecule has 0 aromatic carbocycles. The lowest BCUT2D eigenvalue weighted by Crippen LogP contribution is -2.36. The Balaban J connectivity index is 3.31. The van der Waals surface area contributed by atoms with Crippen molar-refractivity contribution < 1.29 is 19.8 Å². The molecule has 0 aliphatic carbocycles. The highest BCUT2D eigenvalue weighted by Gasteiger charge is 1.99. The molecule has 0 unspecified atom stereocenters. The molecule has 0 fully saturated rings. The van der Waals surface area contributed by atoms with Gasteiger partial charge in [-0.3, -0.25) is 9.59 Å². The number of aliphatic carboxylic acids is 2. The Hall–Kier alpha value is -1.37. The molecule has 0 aliphatic heterocycles. The van der Waals surface area contributed by atoms with Crippen molar-refractivity contribution >= 4 is 29.3 Å². The monoisotopic (exact) mass is 248 g/mol. The minimum Gasteiger partial charge on any atom is -0.481 e. The molecule has 0 atom stereocenters. The van der Waals surface area contributed by atoms with Crippen LogP contribution in [0, 0.1) is 0 Å². The molecular weight excluding hydrogens is 232 g/mol. The first-order valence-corrected chi connectivity index (χ1v) is 5.38. The van der Waals surface area contributed by atoms with Gasteiger partial charge in [0.05, 0.1) is 0 Å². The summed E-state index contributed by atoms with van der Waals surface area (Å²) in [5.74, 6) is -1.66. The summed E-state index contributed by atoms with van der Waals surface area (Å²) < 4.78 is 0. The number of rotatable bonds is 8. The molecule has 0 saturated carbocycles. The maximum Gasteiger partial charge on any atom is 0.303 e. The number of carbonyl (C=O) groups is 2. The second kappa shape index (κ2) is 8.90. The molecule has 0 heterocycles. The van der Waals surface area contributed by atoms with E-state index in [1.807, 2.05) is 0 Å². The number of nitrogens with one attached hydrogen (secondary N) is 2. The molecule has 0 aliphatic rings. The smallest absolute Gasteiger partial charge is 0.303 e. The zero-order valence-corrected chi connectivity index (χ0v) is 9.68. The summed E-state index contributed by atoms with van der Waals surface area (Å²) in [6.07, 6.45) is 1.22. The van der Waals surface area contributed by atoms with Crippen molar-refractivity contribution in [3.8, 4) is 0 Å². The van der Waals surface area contributed by atoms with Crippen LogP contribution < -0.4 is 10.6 Å². The quantitative estimate of drug-likeness (QED) is 0.359. The van der Waals surface area contributed by atoms with Gasteiger partial charge in [-0.2, -0.15) is 0 Å². The summed E-state index contributed by atoms with van der Waals surface area (Å²) in [4.78, 5) is 20.4. The lowest BCUT2D eigenvalue weighted by molar-refractivity contribution is -0.138. The van der Waals surface area contributed by atoms with Crippen molar-refractivity contribution in [3.05, 3.63) is 0 Å². The zero-order valence-electron chi connectivity index (χ0n) is 8.86. The second-order valence-electron chi connectivity index (χ2n) is 3.18. The topological polar surface area (TPSA) is 98.7 Å². The third-order valence-electron chi connectivity index (χ3n) is 1.71. The summed E-state index contributed by atoms with van der Waals surface area (Å²) in [5, 5.41) is 22.8. The molecule has 0 aromatic heterocycles. The van der Waals surface area contributed by atoms with Crippen LogP contribution in [0.15, 0.2) is 0 Å². The molecule has 7 heteroatoms. The van der Waals surface area contributed by atoms with E-state index in [1.165, 1.54) is 0 Å². The number of carboxylic acids is 2. The second-order valence-corrected chi connectivity index (χ2v) is 3.59. The van der Waals surface area contributed by atoms with E-state index in [0.717, 1.165) is 0 Å². The first kappa shape index (κ1) is 14.6. The normalized spacial score (nSPS) is 9.50. The van der Waals surface area contributed by atoms with Gasteiger partial charge in [-0.05, 0) is 25.1 Å². The van der Waals surface area contributed by atoms with E-state index in [-0.39, 0.29) is 12.8 Å². The predicted molar refractivity (Wildman–Crippen MR) is 62.3 cm³/mol. The van der Waals surface area contributed by atoms with Gasteiger partial charge < -0.3 is 20.8 Å². The molecule has 4 N–H and O–H groups in total. The van der Waals surface area contributed by atoms with Crippen molar-refractivity contribution in [2.24, 2.45) is 0 Å². The molecule has 92 valence electrons. The Labute approximate surface area is 99.0 Å².